The molecule has 1 aromatic rings. The molecule has 0 saturated carbocycles. The Morgan fingerprint density at radius 3 is 2.11 bits per heavy atom. The minimum Gasteiger partial charge on any atom is -0.453 e. The van der Waals surface area contributed by atoms with E-state index in [0.717, 1.165) is 29.7 Å². The average Bonchev–Trinajstić information content (AvgIpc) is 2.78. The lowest BCUT2D eigenvalue weighted by Crippen LogP contribution is -2.51. The van der Waals surface area contributed by atoms with Crippen LogP contribution in [0.2, 0.25) is 5.02 Å². The predicted molar refractivity (Wildman–Crippen MR) is 145 cm³/mol. The third-order valence-electron chi connectivity index (χ3n) is 5.24. The Labute approximate surface area is 221 Å². The van der Waals surface area contributed by atoms with Crippen LogP contribution in [0.25, 0.3) is 0 Å². The molecule has 0 saturated heterocycles. The van der Waals surface area contributed by atoms with Gasteiger partial charge in [0.15, 0.2) is 10.2 Å². The van der Waals surface area contributed by atoms with Crippen molar-refractivity contribution in [2.24, 2.45) is 5.41 Å². The summed E-state index contributed by atoms with van der Waals surface area (Å²) in [6.45, 7) is 6.30. The summed E-state index contributed by atoms with van der Waals surface area (Å²) in [6, 6.07) is 7.45. The van der Waals surface area contributed by atoms with Crippen molar-refractivity contribution >= 4 is 58.4 Å². The van der Waals surface area contributed by atoms with E-state index in [0.29, 0.717) is 11.4 Å². The smallest absolute Gasteiger partial charge is 0.413 e. The van der Waals surface area contributed by atoms with E-state index in [-0.39, 0.29) is 21.7 Å². The van der Waals surface area contributed by atoms with Gasteiger partial charge in [-0.2, -0.15) is 0 Å². The minimum atomic E-state index is -0.679. The molecule has 4 N–H and O–H groups in total. The number of methoxy groups -OCH3 is 2. The first-order valence-corrected chi connectivity index (χ1v) is 12.1. The van der Waals surface area contributed by atoms with E-state index in [2.05, 4.69) is 57.6 Å². The molecule has 2 rings (SSSR count). The Hall–Kier alpha value is -2.69. The van der Waals surface area contributed by atoms with Crippen molar-refractivity contribution in [2.75, 3.05) is 14.2 Å². The molecule has 35 heavy (non-hydrogen) atoms. The van der Waals surface area contributed by atoms with E-state index in [1.165, 1.54) is 19.8 Å². The van der Waals surface area contributed by atoms with Gasteiger partial charge in [0.25, 0.3) is 0 Å². The van der Waals surface area contributed by atoms with Gasteiger partial charge in [0.1, 0.15) is 0 Å². The first-order chi connectivity index (χ1) is 16.4. The van der Waals surface area contributed by atoms with Gasteiger partial charge in [-0.3, -0.25) is 10.6 Å². The Bertz CT molecular complexity index is 1030. The van der Waals surface area contributed by atoms with Gasteiger partial charge in [0.2, 0.25) is 0 Å². The Kier molecular flexibility index (Phi) is 10.5. The number of thiocarbonyl (C=S) groups is 2. The van der Waals surface area contributed by atoms with Gasteiger partial charge in [-0.15, -0.1) is 0 Å². The maximum Gasteiger partial charge on any atom is 0.413 e. The van der Waals surface area contributed by atoms with E-state index >= 15 is 0 Å². The number of carbonyl (C=O) groups is 2. The number of hydrogen-bond acceptors (Lipinski definition) is 6. The fourth-order valence-corrected chi connectivity index (χ4v) is 4.33. The summed E-state index contributed by atoms with van der Waals surface area (Å²) < 4.78 is 9.28. The first-order valence-electron chi connectivity index (χ1n) is 10.9. The largest absolute Gasteiger partial charge is 0.453 e. The van der Waals surface area contributed by atoms with Gasteiger partial charge in [-0.1, -0.05) is 50.6 Å². The molecule has 0 radical (unpaired) electrons. The lowest BCUT2D eigenvalue weighted by molar-refractivity contribution is 0.175. The number of benzene rings is 1. The number of ether oxygens (including phenoxy) is 2. The number of hydrogen-bond donors (Lipinski definition) is 4. The number of nitrogens with one attached hydrogen (secondary N) is 4. The van der Waals surface area contributed by atoms with Crippen LogP contribution in [0, 0.1) is 5.41 Å². The summed E-state index contributed by atoms with van der Waals surface area (Å²) in [5.74, 6) is 0. The molecule has 8 nitrogen and oxygen atoms in total. The minimum absolute atomic E-state index is 0.0891. The summed E-state index contributed by atoms with van der Waals surface area (Å²) in [6.07, 6.45) is 2.99. The SMILES string of the molecule is COC(=O)NC(=S)NC1=C(C(C)(C)C)C(CCc2ccc(Cl)cc2)=CCC1NC(=S)NC(=O)OC. The monoisotopic (exact) mass is 538 g/mol. The second-order valence-corrected chi connectivity index (χ2v) is 10.1. The molecule has 0 fully saturated rings. The zero-order chi connectivity index (χ0) is 26.2. The van der Waals surface area contributed by atoms with Crippen LogP contribution in [0.15, 0.2) is 47.2 Å². The van der Waals surface area contributed by atoms with Crippen LogP contribution in [0.5, 0.6) is 0 Å². The normalized spacial score (nSPS) is 15.5. The van der Waals surface area contributed by atoms with Crippen molar-refractivity contribution in [3.63, 3.8) is 0 Å². The van der Waals surface area contributed by atoms with Crippen LogP contribution in [-0.4, -0.2) is 42.7 Å². The highest BCUT2D eigenvalue weighted by Gasteiger charge is 2.32. The van der Waals surface area contributed by atoms with Crippen molar-refractivity contribution in [1.29, 1.82) is 0 Å². The third-order valence-corrected chi connectivity index (χ3v) is 5.92. The Morgan fingerprint density at radius 2 is 1.57 bits per heavy atom. The number of rotatable bonds is 5. The molecule has 2 amide bonds. The molecule has 1 aliphatic rings. The van der Waals surface area contributed by atoms with Crippen LogP contribution in [0.3, 0.4) is 0 Å². The second-order valence-electron chi connectivity index (χ2n) is 8.84. The van der Waals surface area contributed by atoms with Crippen LogP contribution < -0.4 is 21.3 Å². The molecule has 1 aliphatic carbocycles. The highest BCUT2D eigenvalue weighted by molar-refractivity contribution is 7.80. The number of carbonyl (C=O) groups excluding carboxylic acids is 2. The third kappa shape index (κ3) is 8.79. The van der Waals surface area contributed by atoms with E-state index < -0.39 is 12.2 Å². The zero-order valence-electron chi connectivity index (χ0n) is 20.4. The molecule has 11 heteroatoms. The number of allylic oxidation sites excluding steroid dienone is 2. The molecule has 0 bridgehead atoms. The van der Waals surface area contributed by atoms with E-state index in [4.69, 9.17) is 36.0 Å². The number of aryl methyl sites for hydroxylation is 1. The molecule has 1 aromatic carbocycles. The van der Waals surface area contributed by atoms with E-state index in [1.54, 1.807) is 0 Å². The molecular weight excluding hydrogens is 508 g/mol. The fourth-order valence-electron chi connectivity index (χ4n) is 3.79. The van der Waals surface area contributed by atoms with Gasteiger partial charge < -0.3 is 20.1 Å². The van der Waals surface area contributed by atoms with Crippen molar-refractivity contribution in [3.05, 3.63) is 57.8 Å². The molecule has 1 atom stereocenters. The van der Waals surface area contributed by atoms with Crippen LogP contribution in [0.4, 0.5) is 9.59 Å². The van der Waals surface area contributed by atoms with Crippen LogP contribution in [0.1, 0.15) is 39.2 Å². The fraction of sp³-hybridized carbons (Fsp3) is 0.417. The van der Waals surface area contributed by atoms with Gasteiger partial charge in [0.05, 0.1) is 20.3 Å². The van der Waals surface area contributed by atoms with E-state index in [9.17, 15) is 9.59 Å². The number of halogens is 1. The van der Waals surface area contributed by atoms with Gasteiger partial charge >= 0.3 is 12.2 Å². The van der Waals surface area contributed by atoms with Crippen LogP contribution >= 0.6 is 36.0 Å². The lowest BCUT2D eigenvalue weighted by Gasteiger charge is -2.37. The average molecular weight is 539 g/mol. The van der Waals surface area contributed by atoms with Gasteiger partial charge in [0, 0.05) is 10.7 Å². The molecule has 1 unspecified atom stereocenters. The van der Waals surface area contributed by atoms with Crippen molar-refractivity contribution in [3.8, 4) is 0 Å². The molecule has 190 valence electrons. The molecule has 0 aliphatic heterocycles. The molecular formula is C24H31ClN4O4S2. The molecule has 0 spiro atoms. The summed E-state index contributed by atoms with van der Waals surface area (Å²) in [5.41, 5.74) is 3.82. The van der Waals surface area contributed by atoms with Gasteiger partial charge in [-0.25, -0.2) is 9.59 Å². The van der Waals surface area contributed by atoms with Crippen LogP contribution in [-0.2, 0) is 15.9 Å². The summed E-state index contributed by atoms with van der Waals surface area (Å²) >= 11 is 16.7. The lowest BCUT2D eigenvalue weighted by atomic mass is 9.74. The first kappa shape index (κ1) is 28.5. The van der Waals surface area contributed by atoms with Crippen molar-refractivity contribution < 1.29 is 19.1 Å². The summed E-state index contributed by atoms with van der Waals surface area (Å²) in [4.78, 5) is 23.3. The predicted octanol–water partition coefficient (Wildman–Crippen LogP) is 4.73. The highest BCUT2D eigenvalue weighted by atomic mass is 35.5. The quantitative estimate of drug-likeness (QED) is 0.399. The summed E-state index contributed by atoms with van der Waals surface area (Å²) in [7, 11) is 2.52. The number of alkyl carbamates (subject to hydrolysis) is 2. The summed E-state index contributed by atoms with van der Waals surface area (Å²) in [5, 5.41) is 12.2. The topological polar surface area (TPSA) is 101 Å². The Morgan fingerprint density at radius 1 is 1.00 bits per heavy atom. The van der Waals surface area contributed by atoms with Crippen molar-refractivity contribution in [1.82, 2.24) is 21.3 Å². The Balaban J connectivity index is 2.39. The maximum absolute atomic E-state index is 11.7. The molecule has 0 heterocycles. The standard InChI is InChI=1S/C24H31ClN4O4S2/c1-24(2,3)18-15(9-6-14-7-11-16(25)12-8-14)10-13-17(26-20(34)28-22(30)32-4)19(18)27-21(35)29-23(31)33-5/h7-8,10-12,17H,6,9,13H2,1-5H3,(H2,26,28,30,34)(H2,27,29,31,35). The number of amides is 2. The van der Waals surface area contributed by atoms with Gasteiger partial charge in [-0.05, 0) is 78.0 Å². The molecule has 0 aromatic heterocycles. The highest BCUT2D eigenvalue weighted by Crippen LogP contribution is 2.39. The van der Waals surface area contributed by atoms with Crippen molar-refractivity contribution in [2.45, 2.75) is 46.1 Å². The zero-order valence-corrected chi connectivity index (χ0v) is 22.8. The second kappa shape index (κ2) is 12.9. The maximum atomic E-state index is 11.7. The van der Waals surface area contributed by atoms with E-state index in [1.807, 2.05) is 24.3 Å².